The molecule has 2 saturated heterocycles. The second-order valence-corrected chi connectivity index (χ2v) is 7.33. The minimum atomic E-state index is 0.310. The molecule has 2 fully saturated rings. The molecular weight excluding hydrogens is 324 g/mol. The van der Waals surface area contributed by atoms with Gasteiger partial charge in [0.05, 0.1) is 6.04 Å². The highest BCUT2D eigenvalue weighted by atomic mass is 16.2. The molecule has 1 aromatic carbocycles. The van der Waals surface area contributed by atoms with Gasteiger partial charge in [0.25, 0.3) is 0 Å². The molecule has 0 N–H and O–H groups in total. The third-order valence-electron chi connectivity index (χ3n) is 5.72. The molecule has 0 saturated carbocycles. The van der Waals surface area contributed by atoms with Crippen molar-refractivity contribution in [2.45, 2.75) is 38.1 Å². The number of fused-ring (bicyclic) bond motifs is 1. The van der Waals surface area contributed by atoms with Crippen LogP contribution in [0.15, 0.2) is 48.8 Å². The van der Waals surface area contributed by atoms with Gasteiger partial charge in [0.1, 0.15) is 0 Å². The number of aromatic nitrogens is 2. The fourth-order valence-electron chi connectivity index (χ4n) is 4.32. The minimum absolute atomic E-state index is 0.310. The average molecular weight is 350 g/mol. The summed E-state index contributed by atoms with van der Waals surface area (Å²) >= 11 is 0. The predicted molar refractivity (Wildman–Crippen MR) is 102 cm³/mol. The molecule has 26 heavy (non-hydrogen) atoms. The van der Waals surface area contributed by atoms with Gasteiger partial charge < -0.3 is 9.80 Å². The number of likely N-dealkylation sites (tertiary alicyclic amines) is 1. The summed E-state index contributed by atoms with van der Waals surface area (Å²) in [6.07, 6.45) is 8.36. The topological polar surface area (TPSA) is 49.3 Å². The van der Waals surface area contributed by atoms with Gasteiger partial charge in [0, 0.05) is 38.4 Å². The highest BCUT2D eigenvalue weighted by Gasteiger charge is 2.40. The third kappa shape index (κ3) is 3.71. The summed E-state index contributed by atoms with van der Waals surface area (Å²) in [6.45, 7) is 2.75. The zero-order valence-electron chi connectivity index (χ0n) is 15.1. The van der Waals surface area contributed by atoms with Crippen LogP contribution in [0, 0.1) is 5.92 Å². The maximum atomic E-state index is 12.8. The van der Waals surface area contributed by atoms with Gasteiger partial charge in [0.2, 0.25) is 11.9 Å². The van der Waals surface area contributed by atoms with Crippen LogP contribution in [0.25, 0.3) is 0 Å². The van der Waals surface area contributed by atoms with Crippen molar-refractivity contribution in [2.24, 2.45) is 5.92 Å². The first kappa shape index (κ1) is 17.0. The Balaban J connectivity index is 1.34. The molecule has 0 spiro atoms. The van der Waals surface area contributed by atoms with Gasteiger partial charge in [-0.15, -0.1) is 0 Å². The van der Waals surface area contributed by atoms with Crippen molar-refractivity contribution >= 4 is 11.9 Å². The first-order chi connectivity index (χ1) is 12.8. The SMILES string of the molecule is O=C(CCCc1ccccc1)N1CCC2CCN(c3ncccn3)CC21. The molecule has 5 nitrogen and oxygen atoms in total. The number of carbonyl (C=O) groups is 1. The standard InChI is InChI=1S/C21H26N4O/c26-20(9-4-8-17-6-2-1-3-7-17)25-15-11-18-10-14-24(16-19(18)25)21-22-12-5-13-23-21/h1-3,5-7,12-13,18-19H,4,8-11,14-16H2. The van der Waals surface area contributed by atoms with E-state index in [9.17, 15) is 4.79 Å². The summed E-state index contributed by atoms with van der Waals surface area (Å²) in [6, 6.07) is 12.6. The van der Waals surface area contributed by atoms with Crippen LogP contribution in [0.1, 0.15) is 31.2 Å². The van der Waals surface area contributed by atoms with Crippen LogP contribution in [0.2, 0.25) is 0 Å². The van der Waals surface area contributed by atoms with Gasteiger partial charge in [-0.05, 0) is 43.2 Å². The number of carbonyl (C=O) groups excluding carboxylic acids is 1. The van der Waals surface area contributed by atoms with E-state index in [-0.39, 0.29) is 0 Å². The molecule has 0 radical (unpaired) electrons. The number of rotatable bonds is 5. The van der Waals surface area contributed by atoms with Crippen LogP contribution < -0.4 is 4.90 Å². The summed E-state index contributed by atoms with van der Waals surface area (Å²) < 4.78 is 0. The van der Waals surface area contributed by atoms with Crippen molar-refractivity contribution < 1.29 is 4.79 Å². The van der Waals surface area contributed by atoms with E-state index < -0.39 is 0 Å². The summed E-state index contributed by atoms with van der Waals surface area (Å²) in [7, 11) is 0. The van der Waals surface area contributed by atoms with Gasteiger partial charge >= 0.3 is 0 Å². The predicted octanol–water partition coefficient (Wildman–Crippen LogP) is 2.93. The molecule has 0 bridgehead atoms. The maximum absolute atomic E-state index is 12.8. The number of nitrogens with zero attached hydrogens (tertiary/aromatic N) is 4. The van der Waals surface area contributed by atoms with E-state index in [1.54, 1.807) is 12.4 Å². The van der Waals surface area contributed by atoms with Crippen LogP contribution >= 0.6 is 0 Å². The van der Waals surface area contributed by atoms with E-state index in [4.69, 9.17) is 0 Å². The third-order valence-corrected chi connectivity index (χ3v) is 5.72. The number of hydrogen-bond donors (Lipinski definition) is 0. The summed E-state index contributed by atoms with van der Waals surface area (Å²) in [4.78, 5) is 25.9. The number of benzene rings is 1. The first-order valence-corrected chi connectivity index (χ1v) is 9.66. The lowest BCUT2D eigenvalue weighted by Gasteiger charge is -2.38. The lowest BCUT2D eigenvalue weighted by molar-refractivity contribution is -0.132. The van der Waals surface area contributed by atoms with E-state index in [0.29, 0.717) is 24.3 Å². The Bertz CT molecular complexity index is 721. The van der Waals surface area contributed by atoms with Crippen LogP contribution in [-0.4, -0.2) is 46.5 Å². The molecule has 2 aliphatic heterocycles. The second kappa shape index (κ2) is 7.85. The molecular formula is C21H26N4O. The minimum Gasteiger partial charge on any atom is -0.339 e. The van der Waals surface area contributed by atoms with Crippen molar-refractivity contribution in [3.8, 4) is 0 Å². The maximum Gasteiger partial charge on any atom is 0.225 e. The summed E-state index contributed by atoms with van der Waals surface area (Å²) in [5, 5.41) is 0. The Hall–Kier alpha value is -2.43. The van der Waals surface area contributed by atoms with Crippen molar-refractivity contribution in [3.63, 3.8) is 0 Å². The zero-order chi connectivity index (χ0) is 17.8. The molecule has 2 atom stereocenters. The van der Waals surface area contributed by atoms with Crippen LogP contribution in [0.3, 0.4) is 0 Å². The van der Waals surface area contributed by atoms with Crippen LogP contribution in [0.5, 0.6) is 0 Å². The van der Waals surface area contributed by atoms with Gasteiger partial charge in [-0.2, -0.15) is 0 Å². The Morgan fingerprint density at radius 3 is 2.62 bits per heavy atom. The van der Waals surface area contributed by atoms with E-state index in [1.807, 2.05) is 12.1 Å². The lowest BCUT2D eigenvalue weighted by Crippen LogP contribution is -2.50. The fraction of sp³-hybridized carbons (Fsp3) is 0.476. The summed E-state index contributed by atoms with van der Waals surface area (Å²) in [5.74, 6) is 1.73. The van der Waals surface area contributed by atoms with Crippen molar-refractivity contribution in [2.75, 3.05) is 24.5 Å². The fourth-order valence-corrected chi connectivity index (χ4v) is 4.32. The molecule has 2 aromatic rings. The van der Waals surface area contributed by atoms with E-state index in [0.717, 1.165) is 51.3 Å². The van der Waals surface area contributed by atoms with Gasteiger partial charge in [-0.1, -0.05) is 30.3 Å². The van der Waals surface area contributed by atoms with Gasteiger partial charge in [-0.25, -0.2) is 9.97 Å². The molecule has 4 rings (SSSR count). The number of piperidine rings is 1. The highest BCUT2D eigenvalue weighted by Crippen LogP contribution is 2.33. The molecule has 2 unspecified atom stereocenters. The number of aryl methyl sites for hydroxylation is 1. The Morgan fingerprint density at radius 1 is 1.04 bits per heavy atom. The monoisotopic (exact) mass is 350 g/mol. The molecule has 2 aliphatic rings. The van der Waals surface area contributed by atoms with E-state index in [2.05, 4.69) is 44.0 Å². The Morgan fingerprint density at radius 2 is 1.81 bits per heavy atom. The average Bonchev–Trinajstić information content (AvgIpc) is 3.13. The number of hydrogen-bond acceptors (Lipinski definition) is 4. The second-order valence-electron chi connectivity index (χ2n) is 7.33. The van der Waals surface area contributed by atoms with Crippen molar-refractivity contribution in [3.05, 3.63) is 54.4 Å². The molecule has 1 amide bonds. The van der Waals surface area contributed by atoms with Crippen molar-refractivity contribution in [1.29, 1.82) is 0 Å². The van der Waals surface area contributed by atoms with Gasteiger partial charge in [0.15, 0.2) is 0 Å². The number of amides is 1. The molecule has 1 aromatic heterocycles. The van der Waals surface area contributed by atoms with Crippen LogP contribution in [-0.2, 0) is 11.2 Å². The Kier molecular flexibility index (Phi) is 5.14. The van der Waals surface area contributed by atoms with E-state index in [1.165, 1.54) is 5.56 Å². The lowest BCUT2D eigenvalue weighted by atomic mass is 9.92. The summed E-state index contributed by atoms with van der Waals surface area (Å²) in [5.41, 5.74) is 1.31. The number of anilines is 1. The zero-order valence-corrected chi connectivity index (χ0v) is 15.1. The quantitative estimate of drug-likeness (QED) is 0.832. The molecule has 5 heteroatoms. The van der Waals surface area contributed by atoms with Crippen molar-refractivity contribution in [1.82, 2.24) is 14.9 Å². The van der Waals surface area contributed by atoms with E-state index >= 15 is 0 Å². The van der Waals surface area contributed by atoms with Crippen LogP contribution in [0.4, 0.5) is 5.95 Å². The molecule has 0 aliphatic carbocycles. The first-order valence-electron chi connectivity index (χ1n) is 9.66. The largest absolute Gasteiger partial charge is 0.339 e. The molecule has 136 valence electrons. The normalized spacial score (nSPS) is 22.3. The molecule has 3 heterocycles. The highest BCUT2D eigenvalue weighted by molar-refractivity contribution is 5.77. The smallest absolute Gasteiger partial charge is 0.225 e. The Labute approximate surface area is 155 Å². The van der Waals surface area contributed by atoms with Gasteiger partial charge in [-0.3, -0.25) is 4.79 Å².